The molecule has 2 aromatic carbocycles. The molecule has 0 aromatic heterocycles. The van der Waals surface area contributed by atoms with Crippen LogP contribution in [0.3, 0.4) is 0 Å². The molecule has 145 valence electrons. The number of benzene rings is 2. The Balaban J connectivity index is 1.66. The maximum atomic E-state index is 2.57. The Morgan fingerprint density at radius 1 is 0.964 bits per heavy atom. The van der Waals surface area contributed by atoms with Gasteiger partial charge in [-0.05, 0) is 0 Å². The van der Waals surface area contributed by atoms with E-state index < -0.39 is 8.07 Å². The third kappa shape index (κ3) is 4.10. The molecular formula is C26H33SiZr. The van der Waals surface area contributed by atoms with Gasteiger partial charge in [0, 0.05) is 0 Å². The molecular weight excluding hydrogens is 432 g/mol. The van der Waals surface area contributed by atoms with Gasteiger partial charge in [-0.15, -0.1) is 0 Å². The predicted molar refractivity (Wildman–Crippen MR) is 121 cm³/mol. The van der Waals surface area contributed by atoms with Crippen molar-refractivity contribution in [2.24, 2.45) is 5.41 Å². The molecule has 1 atom stereocenters. The van der Waals surface area contributed by atoms with Crippen LogP contribution in [0.2, 0.25) is 19.6 Å². The van der Waals surface area contributed by atoms with E-state index >= 15 is 0 Å². The van der Waals surface area contributed by atoms with Gasteiger partial charge in [0.2, 0.25) is 0 Å². The van der Waals surface area contributed by atoms with Crippen molar-refractivity contribution in [1.29, 1.82) is 0 Å². The van der Waals surface area contributed by atoms with E-state index in [0.29, 0.717) is 9.04 Å². The van der Waals surface area contributed by atoms with E-state index in [-0.39, 0.29) is 0 Å². The Morgan fingerprint density at radius 2 is 1.64 bits per heavy atom. The van der Waals surface area contributed by atoms with Crippen LogP contribution in [-0.4, -0.2) is 8.07 Å². The first-order valence-electron chi connectivity index (χ1n) is 10.9. The molecule has 0 aliphatic heterocycles. The first-order valence-corrected chi connectivity index (χ1v) is 15.8. The topological polar surface area (TPSA) is 0 Å². The van der Waals surface area contributed by atoms with Crippen molar-refractivity contribution in [1.82, 2.24) is 0 Å². The zero-order valence-electron chi connectivity index (χ0n) is 17.9. The van der Waals surface area contributed by atoms with E-state index in [1.54, 1.807) is 41.0 Å². The van der Waals surface area contributed by atoms with Gasteiger partial charge in [0.25, 0.3) is 0 Å². The first kappa shape index (κ1) is 20.5. The second kappa shape index (κ2) is 7.84. The van der Waals surface area contributed by atoms with Gasteiger partial charge in [0.15, 0.2) is 0 Å². The maximum absolute atomic E-state index is 2.57. The summed E-state index contributed by atoms with van der Waals surface area (Å²) in [5, 5.41) is 1.54. The standard InChI is InChI=1S/C26H33Si.Zr/c1-26(15-6-5-7-16-26)19-20-17-22-9-8-10-24(25(22)18-20)21-11-13-23(14-12-21)27(2,3)4;/h8-14,17-18H,5-7,15-16,19H2,1-4H3;. The van der Waals surface area contributed by atoms with Crippen LogP contribution in [0.15, 0.2) is 48.0 Å². The zero-order chi connectivity index (χ0) is 19.9. The van der Waals surface area contributed by atoms with Gasteiger partial charge in [-0.1, -0.05) is 0 Å². The normalized spacial score (nSPS) is 21.2. The molecule has 28 heavy (non-hydrogen) atoms. The number of hydrogen-bond donors (Lipinski definition) is 0. The quantitative estimate of drug-likeness (QED) is 0.418. The second-order valence-electron chi connectivity index (χ2n) is 10.3. The third-order valence-corrected chi connectivity index (χ3v) is 10.6. The van der Waals surface area contributed by atoms with Crippen LogP contribution in [0.25, 0.3) is 17.2 Å². The van der Waals surface area contributed by atoms with E-state index in [1.165, 1.54) is 55.2 Å². The molecule has 0 radical (unpaired) electrons. The molecule has 1 unspecified atom stereocenters. The summed E-state index contributed by atoms with van der Waals surface area (Å²) < 4.78 is 0.655. The molecule has 0 spiro atoms. The van der Waals surface area contributed by atoms with Gasteiger partial charge in [-0.3, -0.25) is 0 Å². The molecule has 2 aliphatic rings. The molecule has 0 nitrogen and oxygen atoms in total. The number of hydrogen-bond acceptors (Lipinski definition) is 0. The summed E-state index contributed by atoms with van der Waals surface area (Å²) in [6.07, 6.45) is 11.0. The minimum atomic E-state index is -1.24. The molecule has 2 heteroatoms. The summed E-state index contributed by atoms with van der Waals surface area (Å²) in [4.78, 5) is 0. The number of allylic oxidation sites excluding steroid dienone is 1. The van der Waals surface area contributed by atoms with Crippen molar-refractivity contribution in [3.63, 3.8) is 0 Å². The Hall–Kier alpha value is -0.720. The first-order chi connectivity index (χ1) is 13.3. The molecule has 0 bridgehead atoms. The Bertz CT molecular complexity index is 880. The molecule has 1 saturated carbocycles. The van der Waals surface area contributed by atoms with Gasteiger partial charge >= 0.3 is 188 Å². The second-order valence-corrected chi connectivity index (χ2v) is 16.8. The fraction of sp³-hybridized carbons (Fsp3) is 0.462. The van der Waals surface area contributed by atoms with Crippen LogP contribution >= 0.6 is 0 Å². The third-order valence-electron chi connectivity index (χ3n) is 6.90. The Labute approximate surface area is 187 Å². The molecule has 0 amide bonds. The summed E-state index contributed by atoms with van der Waals surface area (Å²) in [7, 11) is -1.24. The average Bonchev–Trinajstić information content (AvgIpc) is 2.97. The SMILES string of the molecule is CC1(CC2=Cc3c(-c4ccc([Si](C)(C)C)cc4)cccc3[CH]2[Zr])CCCCC1. The number of rotatable bonds is 4. The minimum absolute atomic E-state index is 0.528. The molecule has 2 aliphatic carbocycles. The van der Waals surface area contributed by atoms with Crippen LogP contribution in [0.1, 0.15) is 60.2 Å². The summed E-state index contributed by atoms with van der Waals surface area (Å²) in [6.45, 7) is 9.81. The van der Waals surface area contributed by atoms with Crippen LogP contribution < -0.4 is 5.19 Å². The van der Waals surface area contributed by atoms with Crippen LogP contribution in [0.4, 0.5) is 0 Å². The van der Waals surface area contributed by atoms with Gasteiger partial charge in [-0.2, -0.15) is 0 Å². The van der Waals surface area contributed by atoms with Gasteiger partial charge in [0.05, 0.1) is 0 Å². The van der Waals surface area contributed by atoms with Gasteiger partial charge in [-0.25, -0.2) is 0 Å². The summed E-state index contributed by atoms with van der Waals surface area (Å²) >= 11 is 1.64. The van der Waals surface area contributed by atoms with Crippen molar-refractivity contribution >= 4 is 19.3 Å². The average molecular weight is 465 g/mol. The molecule has 0 saturated heterocycles. The van der Waals surface area contributed by atoms with E-state index in [2.05, 4.69) is 75.1 Å². The molecule has 1 fully saturated rings. The van der Waals surface area contributed by atoms with Crippen LogP contribution in [0.5, 0.6) is 0 Å². The molecule has 0 N–H and O–H groups in total. The van der Waals surface area contributed by atoms with Crippen LogP contribution in [0, 0.1) is 5.41 Å². The Kier molecular flexibility index (Phi) is 5.75. The monoisotopic (exact) mass is 463 g/mol. The van der Waals surface area contributed by atoms with Crippen molar-refractivity contribution in [2.75, 3.05) is 0 Å². The van der Waals surface area contributed by atoms with Crippen molar-refractivity contribution in [2.45, 2.75) is 68.7 Å². The molecule has 0 heterocycles. The predicted octanol–water partition coefficient (Wildman–Crippen LogP) is 7.24. The van der Waals surface area contributed by atoms with Crippen molar-refractivity contribution in [3.8, 4) is 11.1 Å². The summed E-state index contributed by atoms with van der Waals surface area (Å²) in [5.74, 6) is 0. The van der Waals surface area contributed by atoms with E-state index in [0.717, 1.165) is 0 Å². The van der Waals surface area contributed by atoms with E-state index in [9.17, 15) is 0 Å². The van der Waals surface area contributed by atoms with Gasteiger partial charge < -0.3 is 0 Å². The van der Waals surface area contributed by atoms with E-state index in [4.69, 9.17) is 0 Å². The summed E-state index contributed by atoms with van der Waals surface area (Å²) in [6, 6.07) is 16.4. The Morgan fingerprint density at radius 3 is 2.29 bits per heavy atom. The molecule has 4 rings (SSSR count). The zero-order valence-corrected chi connectivity index (χ0v) is 21.4. The number of fused-ring (bicyclic) bond motifs is 1. The molecule has 2 aromatic rings. The van der Waals surface area contributed by atoms with Crippen molar-refractivity contribution in [3.05, 3.63) is 59.2 Å². The van der Waals surface area contributed by atoms with Gasteiger partial charge in [0.1, 0.15) is 0 Å². The van der Waals surface area contributed by atoms with E-state index in [1.807, 2.05) is 0 Å². The fourth-order valence-electron chi connectivity index (χ4n) is 5.09. The van der Waals surface area contributed by atoms with Crippen molar-refractivity contribution < 1.29 is 24.7 Å². The fourth-order valence-corrected chi connectivity index (χ4v) is 7.33. The summed E-state index contributed by atoms with van der Waals surface area (Å²) in [5.41, 5.74) is 8.10. The van der Waals surface area contributed by atoms with Crippen LogP contribution in [-0.2, 0) is 24.7 Å².